The van der Waals surface area contributed by atoms with E-state index in [1.807, 2.05) is 0 Å². The summed E-state index contributed by atoms with van der Waals surface area (Å²) in [5.74, 6) is -0.372. The van der Waals surface area contributed by atoms with Crippen LogP contribution in [0.1, 0.15) is 39.5 Å². The molecule has 1 heterocycles. The summed E-state index contributed by atoms with van der Waals surface area (Å²) in [6.45, 7) is 3.89. The lowest BCUT2D eigenvalue weighted by Crippen LogP contribution is -2.40. The number of hydrogen-bond acceptors (Lipinski definition) is 5. The number of carbonyl (C=O) groups excluding carboxylic acids is 1. The van der Waals surface area contributed by atoms with Crippen molar-refractivity contribution in [1.29, 1.82) is 0 Å². The quantitative estimate of drug-likeness (QED) is 0.267. The second-order valence-electron chi connectivity index (χ2n) is 5.24. The summed E-state index contributed by atoms with van der Waals surface area (Å²) in [7, 11) is 2.89. The summed E-state index contributed by atoms with van der Waals surface area (Å²) in [4.78, 5) is 11.7. The minimum Gasteiger partial charge on any atom is -0.467 e. The molecule has 1 aliphatic rings. The first-order valence-electron chi connectivity index (χ1n) is 7.05. The average molecular weight is 286 g/mol. The van der Waals surface area contributed by atoms with E-state index in [2.05, 4.69) is 19.1 Å². The average Bonchev–Trinajstić information content (AvgIpc) is 3.15. The Labute approximate surface area is 121 Å². The highest BCUT2D eigenvalue weighted by molar-refractivity contribution is 5.78. The van der Waals surface area contributed by atoms with Crippen molar-refractivity contribution in [3.05, 3.63) is 12.2 Å². The summed E-state index contributed by atoms with van der Waals surface area (Å²) in [6, 6.07) is 0. The van der Waals surface area contributed by atoms with E-state index in [-0.39, 0.29) is 12.8 Å². The lowest BCUT2D eigenvalue weighted by atomic mass is 9.99. The normalized spacial score (nSPS) is 24.6. The fourth-order valence-corrected chi connectivity index (χ4v) is 2.03. The standard InChI is InChI=1S/C15H26O5/c1-12-13(20-12)9-7-5-6-8-10-15(2,14(16)18-4)19-11-17-3/h5-6,12-13H,7-11H2,1-4H3/b6-5+/t12?,13-,15-/m0/s1. The highest BCUT2D eigenvalue weighted by atomic mass is 16.7. The fourth-order valence-electron chi connectivity index (χ4n) is 2.03. The molecule has 0 N–H and O–H groups in total. The van der Waals surface area contributed by atoms with Crippen LogP contribution in [0, 0.1) is 0 Å². The van der Waals surface area contributed by atoms with E-state index in [0.29, 0.717) is 18.6 Å². The molecule has 1 unspecified atom stereocenters. The van der Waals surface area contributed by atoms with E-state index in [1.165, 1.54) is 14.2 Å². The van der Waals surface area contributed by atoms with Gasteiger partial charge < -0.3 is 18.9 Å². The first-order valence-corrected chi connectivity index (χ1v) is 7.05. The molecule has 0 radical (unpaired) electrons. The van der Waals surface area contributed by atoms with Crippen molar-refractivity contribution in [2.75, 3.05) is 21.0 Å². The summed E-state index contributed by atoms with van der Waals surface area (Å²) in [5.41, 5.74) is -0.955. The molecule has 0 bridgehead atoms. The molecule has 5 nitrogen and oxygen atoms in total. The third-order valence-electron chi connectivity index (χ3n) is 3.52. The molecule has 1 fully saturated rings. The van der Waals surface area contributed by atoms with Crippen LogP contribution in [0.3, 0.4) is 0 Å². The monoisotopic (exact) mass is 286 g/mol. The molecule has 0 saturated carbocycles. The molecule has 1 saturated heterocycles. The second-order valence-corrected chi connectivity index (χ2v) is 5.24. The van der Waals surface area contributed by atoms with Crippen LogP contribution in [-0.2, 0) is 23.7 Å². The minimum absolute atomic E-state index is 0.0756. The number of methoxy groups -OCH3 is 2. The predicted molar refractivity (Wildman–Crippen MR) is 75.3 cm³/mol. The van der Waals surface area contributed by atoms with Gasteiger partial charge in [-0.3, -0.25) is 0 Å². The van der Waals surface area contributed by atoms with Crippen molar-refractivity contribution in [3.63, 3.8) is 0 Å². The molecule has 1 rings (SSSR count). The first-order chi connectivity index (χ1) is 9.53. The van der Waals surface area contributed by atoms with Gasteiger partial charge in [-0.1, -0.05) is 12.2 Å². The number of rotatable bonds is 10. The Morgan fingerprint density at radius 1 is 1.30 bits per heavy atom. The Kier molecular flexibility index (Phi) is 7.19. The summed E-state index contributed by atoms with van der Waals surface area (Å²) >= 11 is 0. The second kappa shape index (κ2) is 8.39. The molecular formula is C15H26O5. The van der Waals surface area contributed by atoms with Crippen LogP contribution in [0.2, 0.25) is 0 Å². The van der Waals surface area contributed by atoms with Gasteiger partial charge in [-0.05, 0) is 39.5 Å². The third-order valence-corrected chi connectivity index (χ3v) is 3.52. The molecule has 0 aliphatic carbocycles. The van der Waals surface area contributed by atoms with Crippen molar-refractivity contribution in [2.24, 2.45) is 0 Å². The van der Waals surface area contributed by atoms with Gasteiger partial charge >= 0.3 is 5.97 Å². The van der Waals surface area contributed by atoms with Gasteiger partial charge in [0.2, 0.25) is 0 Å². The zero-order valence-electron chi connectivity index (χ0n) is 12.9. The molecule has 0 aromatic heterocycles. The van der Waals surface area contributed by atoms with Crippen LogP contribution in [0.25, 0.3) is 0 Å². The van der Waals surface area contributed by atoms with Gasteiger partial charge in [0, 0.05) is 7.11 Å². The van der Waals surface area contributed by atoms with Gasteiger partial charge in [0.15, 0.2) is 5.60 Å². The molecule has 1 aliphatic heterocycles. The van der Waals surface area contributed by atoms with Crippen LogP contribution in [0.15, 0.2) is 12.2 Å². The Balaban J connectivity index is 2.26. The smallest absolute Gasteiger partial charge is 0.337 e. The first kappa shape index (κ1) is 17.1. The van der Waals surface area contributed by atoms with Gasteiger partial charge in [-0.2, -0.15) is 0 Å². The van der Waals surface area contributed by atoms with E-state index in [4.69, 9.17) is 18.9 Å². The van der Waals surface area contributed by atoms with Crippen molar-refractivity contribution < 1.29 is 23.7 Å². The molecule has 0 spiro atoms. The zero-order valence-corrected chi connectivity index (χ0v) is 12.9. The Hall–Kier alpha value is -0.910. The third kappa shape index (κ3) is 5.61. The maximum Gasteiger partial charge on any atom is 0.337 e. The lowest BCUT2D eigenvalue weighted by molar-refractivity contribution is -0.182. The number of ether oxygens (including phenoxy) is 4. The number of hydrogen-bond donors (Lipinski definition) is 0. The summed E-state index contributed by atoms with van der Waals surface area (Å²) in [5, 5.41) is 0. The number of epoxide rings is 1. The number of allylic oxidation sites excluding steroid dienone is 2. The van der Waals surface area contributed by atoms with Crippen molar-refractivity contribution in [2.45, 2.75) is 57.3 Å². The van der Waals surface area contributed by atoms with Crippen LogP contribution in [0.5, 0.6) is 0 Å². The van der Waals surface area contributed by atoms with Crippen molar-refractivity contribution in [3.8, 4) is 0 Å². The van der Waals surface area contributed by atoms with E-state index in [1.54, 1.807) is 6.92 Å². The van der Waals surface area contributed by atoms with Gasteiger partial charge in [-0.25, -0.2) is 4.79 Å². The molecule has 5 heteroatoms. The molecule has 116 valence electrons. The van der Waals surface area contributed by atoms with E-state index < -0.39 is 5.60 Å². The Morgan fingerprint density at radius 3 is 2.50 bits per heavy atom. The molecule has 3 atom stereocenters. The highest BCUT2D eigenvalue weighted by Crippen LogP contribution is 2.26. The summed E-state index contributed by atoms with van der Waals surface area (Å²) < 4.78 is 20.4. The summed E-state index contributed by atoms with van der Waals surface area (Å²) in [6.07, 6.45) is 8.45. The SMILES string of the molecule is COCO[C@@](C)(CC/C=C/CC[C@@H]1OC1C)C(=O)OC. The minimum atomic E-state index is -0.955. The number of esters is 1. The molecular weight excluding hydrogens is 260 g/mol. The van der Waals surface area contributed by atoms with Crippen molar-refractivity contribution >= 4 is 5.97 Å². The highest BCUT2D eigenvalue weighted by Gasteiger charge is 2.35. The Bertz CT molecular complexity index is 328. The van der Waals surface area contributed by atoms with Crippen LogP contribution < -0.4 is 0 Å². The Morgan fingerprint density at radius 2 is 1.95 bits per heavy atom. The number of carbonyl (C=O) groups is 1. The molecule has 0 amide bonds. The van der Waals surface area contributed by atoms with Crippen LogP contribution in [-0.4, -0.2) is 44.8 Å². The molecule has 0 aromatic carbocycles. The van der Waals surface area contributed by atoms with Crippen molar-refractivity contribution in [1.82, 2.24) is 0 Å². The van der Waals surface area contributed by atoms with Crippen LogP contribution >= 0.6 is 0 Å². The fraction of sp³-hybridized carbons (Fsp3) is 0.800. The molecule has 0 aromatic rings. The maximum absolute atomic E-state index is 11.7. The van der Waals surface area contributed by atoms with E-state index >= 15 is 0 Å². The zero-order chi connectivity index (χ0) is 15.0. The van der Waals surface area contributed by atoms with Gasteiger partial charge in [-0.15, -0.1) is 0 Å². The van der Waals surface area contributed by atoms with E-state index in [9.17, 15) is 4.79 Å². The van der Waals surface area contributed by atoms with Gasteiger partial charge in [0.1, 0.15) is 6.79 Å². The molecule has 20 heavy (non-hydrogen) atoms. The van der Waals surface area contributed by atoms with Gasteiger partial charge in [0.25, 0.3) is 0 Å². The van der Waals surface area contributed by atoms with E-state index in [0.717, 1.165) is 19.3 Å². The maximum atomic E-state index is 11.7. The predicted octanol–water partition coefficient (Wildman–Crippen LogP) is 2.44. The lowest BCUT2D eigenvalue weighted by Gasteiger charge is -2.26. The van der Waals surface area contributed by atoms with Gasteiger partial charge in [0.05, 0.1) is 19.3 Å². The topological polar surface area (TPSA) is 57.3 Å². The largest absolute Gasteiger partial charge is 0.467 e. The van der Waals surface area contributed by atoms with Crippen LogP contribution in [0.4, 0.5) is 0 Å².